The zero-order chi connectivity index (χ0) is 13.0. The normalized spacial score (nSPS) is 16.6. The molecule has 1 aliphatic rings. The molecule has 1 aliphatic carbocycles. The lowest BCUT2D eigenvalue weighted by atomic mass is 10.1. The summed E-state index contributed by atoms with van der Waals surface area (Å²) in [7, 11) is 1.66. The van der Waals surface area contributed by atoms with Gasteiger partial charge in [-0.25, -0.2) is 0 Å². The van der Waals surface area contributed by atoms with Gasteiger partial charge in [-0.05, 0) is 24.3 Å². The first-order valence-electron chi connectivity index (χ1n) is 6.22. The number of ether oxygens (including phenoxy) is 1. The molecule has 0 saturated heterocycles. The summed E-state index contributed by atoms with van der Waals surface area (Å²) in [6.07, 6.45) is 1.85. The summed E-state index contributed by atoms with van der Waals surface area (Å²) in [6.45, 7) is 2.33. The number of carbonyl (C=O) groups is 1. The highest BCUT2D eigenvalue weighted by atomic mass is 32.1. The van der Waals surface area contributed by atoms with Crippen LogP contribution < -0.4 is 5.73 Å². The van der Waals surface area contributed by atoms with Crippen LogP contribution in [0.4, 0.5) is 0 Å². The van der Waals surface area contributed by atoms with Gasteiger partial charge in [-0.2, -0.15) is 0 Å². The van der Waals surface area contributed by atoms with Crippen molar-refractivity contribution < 1.29 is 9.53 Å². The Labute approximate surface area is 112 Å². The molecule has 1 fully saturated rings. The van der Waals surface area contributed by atoms with Crippen LogP contribution in [0.25, 0.3) is 0 Å². The van der Waals surface area contributed by atoms with Crippen molar-refractivity contribution in [2.24, 2.45) is 11.1 Å². The summed E-state index contributed by atoms with van der Waals surface area (Å²) < 4.78 is 5.09. The van der Waals surface area contributed by atoms with E-state index in [0.717, 1.165) is 12.8 Å². The number of rotatable bonds is 7. The molecule has 0 atom stereocenters. The van der Waals surface area contributed by atoms with Crippen LogP contribution in [0.1, 0.15) is 17.7 Å². The minimum absolute atomic E-state index is 0.190. The van der Waals surface area contributed by atoms with Crippen molar-refractivity contribution in [1.82, 2.24) is 4.90 Å². The van der Waals surface area contributed by atoms with E-state index in [2.05, 4.69) is 6.07 Å². The molecule has 0 spiro atoms. The Balaban J connectivity index is 2.02. The predicted molar refractivity (Wildman–Crippen MR) is 72.3 cm³/mol. The summed E-state index contributed by atoms with van der Waals surface area (Å²) in [5.41, 5.74) is 5.46. The van der Waals surface area contributed by atoms with Crippen LogP contribution in [0.15, 0.2) is 17.5 Å². The number of nitrogens with two attached hydrogens (primary N) is 1. The molecule has 0 aromatic carbocycles. The van der Waals surface area contributed by atoms with Crippen molar-refractivity contribution in [3.8, 4) is 0 Å². The van der Waals surface area contributed by atoms with E-state index in [9.17, 15) is 4.79 Å². The molecule has 1 amide bonds. The molecule has 18 heavy (non-hydrogen) atoms. The number of hydrogen-bond acceptors (Lipinski definition) is 4. The fourth-order valence-electron chi connectivity index (χ4n) is 2.04. The first-order chi connectivity index (χ1) is 8.72. The second-order valence-electron chi connectivity index (χ2n) is 4.78. The van der Waals surface area contributed by atoms with Gasteiger partial charge in [0.25, 0.3) is 0 Å². The Bertz CT molecular complexity index is 388. The van der Waals surface area contributed by atoms with Crippen LogP contribution in [0.2, 0.25) is 0 Å². The van der Waals surface area contributed by atoms with E-state index < -0.39 is 0 Å². The second kappa shape index (κ2) is 5.82. The highest BCUT2D eigenvalue weighted by Gasteiger charge is 2.50. The first kappa shape index (κ1) is 13.5. The van der Waals surface area contributed by atoms with Crippen LogP contribution >= 0.6 is 11.3 Å². The number of nitrogens with zero attached hydrogens (tertiary/aromatic N) is 1. The summed E-state index contributed by atoms with van der Waals surface area (Å²) in [6, 6.07) is 4.06. The molecule has 0 bridgehead atoms. The van der Waals surface area contributed by atoms with Gasteiger partial charge in [0, 0.05) is 25.1 Å². The van der Waals surface area contributed by atoms with Gasteiger partial charge in [-0.1, -0.05) is 6.07 Å². The average molecular weight is 268 g/mol. The van der Waals surface area contributed by atoms with Gasteiger partial charge >= 0.3 is 0 Å². The van der Waals surface area contributed by atoms with E-state index in [1.807, 2.05) is 16.3 Å². The third kappa shape index (κ3) is 2.91. The zero-order valence-corrected chi connectivity index (χ0v) is 11.5. The quantitative estimate of drug-likeness (QED) is 0.814. The molecular formula is C13H20N2O2S. The van der Waals surface area contributed by atoms with Crippen LogP contribution in [0.5, 0.6) is 0 Å². The standard InChI is InChI=1S/C13H20N2O2S/c1-17-7-6-15(9-11-3-2-8-18-11)12(16)13(10-14)4-5-13/h2-3,8H,4-7,9-10,14H2,1H3. The lowest BCUT2D eigenvalue weighted by molar-refractivity contribution is -0.137. The van der Waals surface area contributed by atoms with Crippen LogP contribution in [0.3, 0.4) is 0 Å². The first-order valence-corrected chi connectivity index (χ1v) is 7.10. The van der Waals surface area contributed by atoms with E-state index in [4.69, 9.17) is 10.5 Å². The summed E-state index contributed by atoms with van der Waals surface area (Å²) in [4.78, 5) is 15.6. The van der Waals surface area contributed by atoms with Gasteiger partial charge in [0.2, 0.25) is 5.91 Å². The summed E-state index contributed by atoms with van der Waals surface area (Å²) in [5.74, 6) is 0.190. The van der Waals surface area contributed by atoms with Crippen molar-refractivity contribution in [3.63, 3.8) is 0 Å². The minimum atomic E-state index is -0.273. The highest BCUT2D eigenvalue weighted by Crippen LogP contribution is 2.46. The molecule has 1 aromatic rings. The Hall–Kier alpha value is -0.910. The second-order valence-corrected chi connectivity index (χ2v) is 5.82. The fraction of sp³-hybridized carbons (Fsp3) is 0.615. The van der Waals surface area contributed by atoms with Gasteiger partial charge in [0.05, 0.1) is 18.6 Å². The molecule has 4 nitrogen and oxygen atoms in total. The molecule has 1 heterocycles. The molecule has 0 aliphatic heterocycles. The number of thiophene rings is 1. The molecule has 1 saturated carbocycles. The Morgan fingerprint density at radius 1 is 1.61 bits per heavy atom. The molecule has 1 aromatic heterocycles. The molecular weight excluding hydrogens is 248 g/mol. The number of methoxy groups -OCH3 is 1. The average Bonchev–Trinajstić information content (AvgIpc) is 3.03. The molecule has 5 heteroatoms. The lowest BCUT2D eigenvalue weighted by Gasteiger charge is -2.26. The van der Waals surface area contributed by atoms with Gasteiger partial charge in [-0.15, -0.1) is 11.3 Å². The zero-order valence-electron chi connectivity index (χ0n) is 10.7. The van der Waals surface area contributed by atoms with Crippen molar-refractivity contribution >= 4 is 17.2 Å². The van der Waals surface area contributed by atoms with Crippen LogP contribution in [-0.4, -0.2) is 37.6 Å². The molecule has 2 rings (SSSR count). The van der Waals surface area contributed by atoms with E-state index in [-0.39, 0.29) is 11.3 Å². The monoisotopic (exact) mass is 268 g/mol. The third-order valence-corrected chi connectivity index (χ3v) is 4.34. The smallest absolute Gasteiger partial charge is 0.230 e. The predicted octanol–water partition coefficient (Wildman–Crippen LogP) is 1.46. The topological polar surface area (TPSA) is 55.6 Å². The van der Waals surface area contributed by atoms with E-state index in [1.165, 1.54) is 4.88 Å². The number of amides is 1. The lowest BCUT2D eigenvalue weighted by Crippen LogP contribution is -2.41. The summed E-state index contributed by atoms with van der Waals surface area (Å²) >= 11 is 1.67. The molecule has 100 valence electrons. The van der Waals surface area contributed by atoms with Gasteiger partial charge in [0.1, 0.15) is 0 Å². The van der Waals surface area contributed by atoms with Crippen molar-refractivity contribution in [2.45, 2.75) is 19.4 Å². The number of hydrogen-bond donors (Lipinski definition) is 1. The van der Waals surface area contributed by atoms with Gasteiger partial charge in [-0.3, -0.25) is 4.79 Å². The van der Waals surface area contributed by atoms with Crippen LogP contribution in [0, 0.1) is 5.41 Å². The molecule has 0 unspecified atom stereocenters. The van der Waals surface area contributed by atoms with E-state index in [1.54, 1.807) is 18.4 Å². The van der Waals surface area contributed by atoms with Gasteiger partial charge in [0.15, 0.2) is 0 Å². The Morgan fingerprint density at radius 3 is 2.89 bits per heavy atom. The Kier molecular flexibility index (Phi) is 4.37. The fourth-order valence-corrected chi connectivity index (χ4v) is 2.76. The van der Waals surface area contributed by atoms with E-state index >= 15 is 0 Å². The van der Waals surface area contributed by atoms with E-state index in [0.29, 0.717) is 26.2 Å². The minimum Gasteiger partial charge on any atom is -0.383 e. The van der Waals surface area contributed by atoms with Crippen LogP contribution in [-0.2, 0) is 16.1 Å². The Morgan fingerprint density at radius 2 is 2.39 bits per heavy atom. The largest absolute Gasteiger partial charge is 0.383 e. The molecule has 0 radical (unpaired) electrons. The SMILES string of the molecule is COCCN(Cc1cccs1)C(=O)C1(CN)CC1. The van der Waals surface area contributed by atoms with Crippen molar-refractivity contribution in [2.75, 3.05) is 26.8 Å². The van der Waals surface area contributed by atoms with Crippen molar-refractivity contribution in [1.29, 1.82) is 0 Å². The third-order valence-electron chi connectivity index (χ3n) is 3.48. The highest BCUT2D eigenvalue weighted by molar-refractivity contribution is 7.09. The maximum atomic E-state index is 12.5. The molecule has 2 N–H and O–H groups in total. The maximum absolute atomic E-state index is 12.5. The van der Waals surface area contributed by atoms with Crippen molar-refractivity contribution in [3.05, 3.63) is 22.4 Å². The summed E-state index contributed by atoms with van der Waals surface area (Å²) in [5, 5.41) is 2.03. The number of carbonyl (C=O) groups excluding carboxylic acids is 1. The van der Waals surface area contributed by atoms with Gasteiger partial charge < -0.3 is 15.4 Å². The maximum Gasteiger partial charge on any atom is 0.230 e.